The summed E-state index contributed by atoms with van der Waals surface area (Å²) in [6, 6.07) is 10.0. The molecule has 1 aliphatic heterocycles. The molecule has 1 aliphatic rings. The van der Waals surface area contributed by atoms with Crippen molar-refractivity contribution in [3.05, 3.63) is 82.9 Å². The van der Waals surface area contributed by atoms with Crippen molar-refractivity contribution in [2.45, 2.75) is 25.4 Å². The highest BCUT2D eigenvalue weighted by molar-refractivity contribution is 5.97. The number of carbonyl (C=O) groups is 1. The summed E-state index contributed by atoms with van der Waals surface area (Å²) in [5.41, 5.74) is 3.15. The van der Waals surface area contributed by atoms with E-state index in [0.29, 0.717) is 35.6 Å². The van der Waals surface area contributed by atoms with Gasteiger partial charge in [0, 0.05) is 48.5 Å². The molecule has 148 valence electrons. The highest BCUT2D eigenvalue weighted by Crippen LogP contribution is 2.25. The van der Waals surface area contributed by atoms with Gasteiger partial charge in [-0.15, -0.1) is 0 Å². The van der Waals surface area contributed by atoms with Gasteiger partial charge in [-0.05, 0) is 43.2 Å². The predicted molar refractivity (Wildman–Crippen MR) is 111 cm³/mol. The van der Waals surface area contributed by atoms with Crippen LogP contribution in [0.15, 0.2) is 66.0 Å². The Morgan fingerprint density at radius 3 is 2.63 bits per heavy atom. The van der Waals surface area contributed by atoms with Crippen LogP contribution in [0.2, 0.25) is 0 Å². The second-order valence-corrected chi connectivity index (χ2v) is 7.15. The van der Waals surface area contributed by atoms with Crippen molar-refractivity contribution in [2.75, 3.05) is 0 Å². The zero-order valence-corrected chi connectivity index (χ0v) is 16.0. The first-order chi connectivity index (χ1) is 14.7. The van der Waals surface area contributed by atoms with Crippen LogP contribution in [0.3, 0.4) is 0 Å². The van der Waals surface area contributed by atoms with Gasteiger partial charge in [-0.1, -0.05) is 0 Å². The molecule has 0 aliphatic carbocycles. The maximum absolute atomic E-state index is 12.9. The average molecular weight is 398 g/mol. The molecule has 30 heavy (non-hydrogen) atoms. The monoisotopic (exact) mass is 398 g/mol. The minimum atomic E-state index is -0.349. The molecule has 0 saturated heterocycles. The lowest BCUT2D eigenvalue weighted by molar-refractivity contribution is 0.0927. The molecule has 1 aromatic carbocycles. The van der Waals surface area contributed by atoms with Gasteiger partial charge in [-0.2, -0.15) is 0 Å². The summed E-state index contributed by atoms with van der Waals surface area (Å²) in [5.74, 6) is 0.346. The summed E-state index contributed by atoms with van der Waals surface area (Å²) in [6.07, 6.45) is 8.04. The molecular weight excluding hydrogens is 380 g/mol. The lowest BCUT2D eigenvalue weighted by atomic mass is 10.0. The van der Waals surface area contributed by atoms with E-state index in [0.717, 1.165) is 17.5 Å². The van der Waals surface area contributed by atoms with Gasteiger partial charge in [0.1, 0.15) is 5.82 Å². The third-order valence-corrected chi connectivity index (χ3v) is 5.24. The minimum absolute atomic E-state index is 0.119. The first-order valence-electron chi connectivity index (χ1n) is 9.73. The molecule has 1 unspecified atom stereocenters. The van der Waals surface area contributed by atoms with E-state index in [1.807, 2.05) is 12.1 Å². The van der Waals surface area contributed by atoms with E-state index >= 15 is 0 Å². The second-order valence-electron chi connectivity index (χ2n) is 7.15. The molecule has 0 bridgehead atoms. The first kappa shape index (κ1) is 18.1. The van der Waals surface area contributed by atoms with Crippen molar-refractivity contribution in [1.82, 2.24) is 29.8 Å². The van der Waals surface area contributed by atoms with Crippen LogP contribution in [0.4, 0.5) is 0 Å². The number of nitrogens with one attached hydrogen (secondary N) is 1. The summed E-state index contributed by atoms with van der Waals surface area (Å²) < 4.78 is 1.64. The Balaban J connectivity index is 1.48. The third kappa shape index (κ3) is 3.32. The van der Waals surface area contributed by atoms with E-state index in [2.05, 4.69) is 20.3 Å². The SMILES string of the molecule is O=C(NC1CCCn2c1nc(-c1ccncc1)cc2=O)c1ccc2nccnc2c1. The zero-order chi connectivity index (χ0) is 20.5. The summed E-state index contributed by atoms with van der Waals surface area (Å²) >= 11 is 0. The van der Waals surface area contributed by atoms with Crippen molar-refractivity contribution < 1.29 is 4.79 Å². The fraction of sp³-hybridized carbons (Fsp3) is 0.182. The van der Waals surface area contributed by atoms with Crippen molar-refractivity contribution in [1.29, 1.82) is 0 Å². The summed E-state index contributed by atoms with van der Waals surface area (Å²) in [6.45, 7) is 0.593. The number of hydrogen-bond acceptors (Lipinski definition) is 6. The van der Waals surface area contributed by atoms with Crippen molar-refractivity contribution in [2.24, 2.45) is 0 Å². The highest BCUT2D eigenvalue weighted by Gasteiger charge is 2.25. The fourth-order valence-electron chi connectivity index (χ4n) is 3.75. The van der Waals surface area contributed by atoms with Gasteiger partial charge in [0.2, 0.25) is 0 Å². The zero-order valence-electron chi connectivity index (χ0n) is 16.0. The Morgan fingerprint density at radius 2 is 1.80 bits per heavy atom. The number of benzene rings is 1. The van der Waals surface area contributed by atoms with Gasteiger partial charge in [0.05, 0.1) is 22.8 Å². The van der Waals surface area contributed by atoms with E-state index in [1.54, 1.807) is 47.6 Å². The lowest BCUT2D eigenvalue weighted by Gasteiger charge is -2.27. The number of carbonyl (C=O) groups excluding carboxylic acids is 1. The molecule has 0 spiro atoms. The van der Waals surface area contributed by atoms with Crippen LogP contribution in [0.1, 0.15) is 35.1 Å². The molecule has 8 heteroatoms. The van der Waals surface area contributed by atoms with Crippen LogP contribution >= 0.6 is 0 Å². The van der Waals surface area contributed by atoms with Crippen LogP contribution in [0, 0.1) is 0 Å². The Kier molecular flexibility index (Phi) is 4.51. The predicted octanol–water partition coefficient (Wildman–Crippen LogP) is 2.51. The molecule has 4 aromatic rings. The van der Waals surface area contributed by atoms with E-state index in [1.165, 1.54) is 6.07 Å². The number of aromatic nitrogens is 5. The Hall–Kier alpha value is -3.94. The van der Waals surface area contributed by atoms with E-state index in [-0.39, 0.29) is 17.5 Å². The van der Waals surface area contributed by atoms with Gasteiger partial charge < -0.3 is 5.32 Å². The Morgan fingerprint density at radius 1 is 1.00 bits per heavy atom. The molecule has 5 rings (SSSR count). The standard InChI is InChI=1S/C22H18N6O2/c29-20-13-18(14-5-7-23-8-6-14)26-21-17(2-1-11-28(20)21)27-22(30)15-3-4-16-19(12-15)25-10-9-24-16/h3-10,12-13,17H,1-2,11H2,(H,27,30). The van der Waals surface area contributed by atoms with Gasteiger partial charge in [0.15, 0.2) is 0 Å². The summed E-state index contributed by atoms with van der Waals surface area (Å²) in [7, 11) is 0. The van der Waals surface area contributed by atoms with Crippen molar-refractivity contribution >= 4 is 16.9 Å². The minimum Gasteiger partial charge on any atom is -0.342 e. The van der Waals surface area contributed by atoms with Gasteiger partial charge >= 0.3 is 0 Å². The molecule has 1 amide bonds. The van der Waals surface area contributed by atoms with Crippen molar-refractivity contribution in [3.63, 3.8) is 0 Å². The molecule has 4 heterocycles. The number of fused-ring (bicyclic) bond motifs is 2. The third-order valence-electron chi connectivity index (χ3n) is 5.24. The van der Waals surface area contributed by atoms with Crippen LogP contribution in [0.25, 0.3) is 22.3 Å². The number of hydrogen-bond donors (Lipinski definition) is 1. The van der Waals surface area contributed by atoms with E-state index in [4.69, 9.17) is 4.98 Å². The lowest BCUT2D eigenvalue weighted by Crippen LogP contribution is -2.38. The molecule has 1 N–H and O–H groups in total. The quantitative estimate of drug-likeness (QED) is 0.569. The first-order valence-corrected chi connectivity index (χ1v) is 9.73. The maximum atomic E-state index is 12.9. The van der Waals surface area contributed by atoms with Gasteiger partial charge in [0.25, 0.3) is 11.5 Å². The topological polar surface area (TPSA) is 103 Å². The van der Waals surface area contributed by atoms with Crippen LogP contribution < -0.4 is 10.9 Å². The van der Waals surface area contributed by atoms with Crippen LogP contribution in [-0.2, 0) is 6.54 Å². The number of amides is 1. The molecular formula is C22H18N6O2. The molecule has 1 atom stereocenters. The maximum Gasteiger partial charge on any atom is 0.254 e. The Labute approximate surface area is 171 Å². The molecule has 0 radical (unpaired) electrons. The Bertz CT molecular complexity index is 1300. The van der Waals surface area contributed by atoms with Crippen LogP contribution in [0.5, 0.6) is 0 Å². The van der Waals surface area contributed by atoms with Gasteiger partial charge in [-0.25, -0.2) is 4.98 Å². The summed E-state index contributed by atoms with van der Waals surface area (Å²) in [4.78, 5) is 42.8. The van der Waals surface area contributed by atoms with E-state index in [9.17, 15) is 9.59 Å². The molecule has 3 aromatic heterocycles. The largest absolute Gasteiger partial charge is 0.342 e. The molecule has 0 saturated carbocycles. The average Bonchev–Trinajstić information content (AvgIpc) is 2.79. The normalized spacial score (nSPS) is 15.5. The number of pyridine rings is 1. The van der Waals surface area contributed by atoms with Crippen LogP contribution in [-0.4, -0.2) is 30.4 Å². The van der Waals surface area contributed by atoms with Crippen molar-refractivity contribution in [3.8, 4) is 11.3 Å². The number of nitrogens with zero attached hydrogens (tertiary/aromatic N) is 5. The number of rotatable bonds is 3. The highest BCUT2D eigenvalue weighted by atomic mass is 16.2. The fourth-order valence-corrected chi connectivity index (χ4v) is 3.75. The van der Waals surface area contributed by atoms with E-state index < -0.39 is 0 Å². The summed E-state index contributed by atoms with van der Waals surface area (Å²) in [5, 5.41) is 3.04. The smallest absolute Gasteiger partial charge is 0.254 e. The second kappa shape index (κ2) is 7.47. The molecule has 8 nitrogen and oxygen atoms in total. The van der Waals surface area contributed by atoms with Gasteiger partial charge in [-0.3, -0.25) is 29.1 Å². The molecule has 0 fully saturated rings.